The van der Waals surface area contributed by atoms with Gasteiger partial charge < -0.3 is 9.80 Å². The fourth-order valence-electron chi connectivity index (χ4n) is 3.21. The monoisotopic (exact) mass is 355 g/mol. The molecule has 2 fully saturated rings. The van der Waals surface area contributed by atoms with Crippen LogP contribution < -0.4 is 9.80 Å². The molecule has 7 nitrogen and oxygen atoms in total. The molecule has 0 N–H and O–H groups in total. The Labute approximate surface area is 150 Å². The van der Waals surface area contributed by atoms with Crippen molar-refractivity contribution >= 4 is 27.9 Å². The fraction of sp³-hybridized carbons (Fsp3) is 0.529. The maximum absolute atomic E-state index is 4.79. The number of hydrogen-bond donors (Lipinski definition) is 0. The van der Waals surface area contributed by atoms with Crippen LogP contribution in [0, 0.1) is 13.8 Å². The Morgan fingerprint density at radius 1 is 1.16 bits per heavy atom. The lowest BCUT2D eigenvalue weighted by atomic mass is 10.1. The molecule has 1 aliphatic heterocycles. The summed E-state index contributed by atoms with van der Waals surface area (Å²) in [4.78, 5) is 10.6. The molecule has 0 bridgehead atoms. The van der Waals surface area contributed by atoms with Crippen LogP contribution in [0.25, 0.3) is 5.65 Å². The molecule has 1 aliphatic carbocycles. The Bertz CT molecular complexity index is 916. The molecule has 3 aromatic heterocycles. The van der Waals surface area contributed by atoms with Gasteiger partial charge in [0.2, 0.25) is 0 Å². The molecule has 8 heteroatoms. The third-order valence-electron chi connectivity index (χ3n) is 5.27. The number of nitrogens with zero attached hydrogens (tertiary/aromatic N) is 7. The van der Waals surface area contributed by atoms with Crippen LogP contribution in [0.1, 0.15) is 35.2 Å². The quantitative estimate of drug-likeness (QED) is 0.716. The third-order valence-corrected chi connectivity index (χ3v) is 6.43. The summed E-state index contributed by atoms with van der Waals surface area (Å²) in [7, 11) is 2.14. The van der Waals surface area contributed by atoms with Crippen LogP contribution in [0.2, 0.25) is 0 Å². The molecule has 5 rings (SSSR count). The number of likely N-dealkylation sites (N-methyl/N-ethyl adjacent to an activating group) is 1. The van der Waals surface area contributed by atoms with Crippen molar-refractivity contribution < 1.29 is 0 Å². The first-order valence-electron chi connectivity index (χ1n) is 8.74. The number of hydrogen-bond acceptors (Lipinski definition) is 7. The van der Waals surface area contributed by atoms with Crippen LogP contribution in [0.4, 0.5) is 10.9 Å². The minimum Gasteiger partial charge on any atom is -0.351 e. The average molecular weight is 355 g/mol. The van der Waals surface area contributed by atoms with Crippen molar-refractivity contribution in [2.75, 3.05) is 29.9 Å². The molecule has 0 amide bonds. The van der Waals surface area contributed by atoms with Crippen molar-refractivity contribution in [1.82, 2.24) is 24.8 Å². The Morgan fingerprint density at radius 3 is 2.64 bits per heavy atom. The van der Waals surface area contributed by atoms with Crippen LogP contribution >= 0.6 is 11.3 Å². The first-order chi connectivity index (χ1) is 12.1. The maximum atomic E-state index is 4.79. The van der Waals surface area contributed by atoms with Gasteiger partial charge >= 0.3 is 0 Å². The van der Waals surface area contributed by atoms with E-state index in [9.17, 15) is 0 Å². The van der Waals surface area contributed by atoms with Crippen LogP contribution in [-0.2, 0) is 0 Å². The van der Waals surface area contributed by atoms with E-state index in [-0.39, 0.29) is 0 Å². The highest BCUT2D eigenvalue weighted by atomic mass is 32.1. The largest absolute Gasteiger partial charge is 0.351 e. The molecular formula is C17H21N7S. The second kappa shape index (κ2) is 5.39. The summed E-state index contributed by atoms with van der Waals surface area (Å²) in [5, 5.41) is 14.4. The normalized spacial score (nSPS) is 18.0. The van der Waals surface area contributed by atoms with Gasteiger partial charge in [0.25, 0.3) is 0 Å². The molecule has 0 atom stereocenters. The molecule has 1 saturated heterocycles. The van der Waals surface area contributed by atoms with Crippen molar-refractivity contribution in [1.29, 1.82) is 0 Å². The van der Waals surface area contributed by atoms with Crippen LogP contribution in [0.15, 0.2) is 12.1 Å². The second-order valence-corrected chi connectivity index (χ2v) is 8.28. The van der Waals surface area contributed by atoms with Gasteiger partial charge in [-0.1, -0.05) is 0 Å². The predicted octanol–water partition coefficient (Wildman–Crippen LogP) is 2.40. The Kier molecular flexibility index (Phi) is 3.25. The van der Waals surface area contributed by atoms with Crippen LogP contribution in [0.3, 0.4) is 0 Å². The molecule has 3 aromatic rings. The van der Waals surface area contributed by atoms with Gasteiger partial charge in [-0.05, 0) is 38.8 Å². The van der Waals surface area contributed by atoms with E-state index in [2.05, 4.69) is 51.9 Å². The fourth-order valence-corrected chi connectivity index (χ4v) is 4.15. The molecule has 0 aromatic carbocycles. The Morgan fingerprint density at radius 2 is 1.96 bits per heavy atom. The van der Waals surface area contributed by atoms with E-state index in [0.29, 0.717) is 12.0 Å². The summed E-state index contributed by atoms with van der Waals surface area (Å²) in [6, 6.07) is 4.55. The third kappa shape index (κ3) is 2.47. The van der Waals surface area contributed by atoms with Crippen LogP contribution in [0.5, 0.6) is 0 Å². The summed E-state index contributed by atoms with van der Waals surface area (Å²) in [6.07, 6.45) is 2.41. The zero-order valence-corrected chi connectivity index (χ0v) is 15.5. The lowest BCUT2D eigenvalue weighted by molar-refractivity contribution is 0.488. The number of thiazole rings is 1. The van der Waals surface area contributed by atoms with E-state index in [0.717, 1.165) is 41.2 Å². The van der Waals surface area contributed by atoms with Crippen molar-refractivity contribution in [3.05, 3.63) is 28.5 Å². The van der Waals surface area contributed by atoms with Gasteiger partial charge in [0.05, 0.1) is 11.7 Å². The Balaban J connectivity index is 1.33. The first kappa shape index (κ1) is 15.1. The highest BCUT2D eigenvalue weighted by Gasteiger charge is 2.33. The van der Waals surface area contributed by atoms with Gasteiger partial charge in [0, 0.05) is 30.9 Å². The number of aromatic nitrogens is 5. The average Bonchev–Trinajstić information content (AvgIpc) is 3.23. The van der Waals surface area contributed by atoms with Crippen molar-refractivity contribution in [3.63, 3.8) is 0 Å². The summed E-state index contributed by atoms with van der Waals surface area (Å²) in [5.41, 5.74) is 1.98. The summed E-state index contributed by atoms with van der Waals surface area (Å²) in [6.45, 7) is 6.14. The lowest BCUT2D eigenvalue weighted by Gasteiger charge is -2.44. The van der Waals surface area contributed by atoms with Gasteiger partial charge in [-0.2, -0.15) is 4.52 Å². The molecule has 1 saturated carbocycles. The summed E-state index contributed by atoms with van der Waals surface area (Å²) < 4.78 is 1.93. The van der Waals surface area contributed by atoms with E-state index in [1.54, 1.807) is 11.3 Å². The lowest BCUT2D eigenvalue weighted by Crippen LogP contribution is -2.59. The number of anilines is 2. The number of aryl methyl sites for hydroxylation is 2. The minimum atomic E-state index is 0.478. The Hall–Kier alpha value is -2.22. The predicted molar refractivity (Wildman–Crippen MR) is 98.7 cm³/mol. The van der Waals surface area contributed by atoms with Crippen molar-refractivity contribution in [2.24, 2.45) is 0 Å². The molecular weight excluding hydrogens is 334 g/mol. The number of rotatable bonds is 4. The maximum Gasteiger partial charge on any atom is 0.185 e. The standard InChI is InChI=1S/C17H21N7S/c1-10-11(2)25-17(18-10)22(3)13-8-23(9-13)15-7-6-14-19-20-16(12-4-5-12)24(14)21-15/h6-7,12-13H,4-5,8-9H2,1-3H3. The summed E-state index contributed by atoms with van der Waals surface area (Å²) >= 11 is 1.77. The topological polar surface area (TPSA) is 62.5 Å². The molecule has 2 aliphatic rings. The minimum absolute atomic E-state index is 0.478. The second-order valence-electron chi connectivity index (χ2n) is 7.10. The molecule has 0 unspecified atom stereocenters. The zero-order valence-electron chi connectivity index (χ0n) is 14.7. The molecule has 4 heterocycles. The van der Waals surface area contributed by atoms with Gasteiger partial charge in [-0.25, -0.2) is 4.98 Å². The zero-order chi connectivity index (χ0) is 17.1. The van der Waals surface area contributed by atoms with Gasteiger partial charge in [0.1, 0.15) is 5.82 Å². The first-order valence-corrected chi connectivity index (χ1v) is 9.56. The van der Waals surface area contributed by atoms with E-state index in [1.807, 2.05) is 10.6 Å². The highest BCUT2D eigenvalue weighted by Crippen LogP contribution is 2.39. The van der Waals surface area contributed by atoms with Gasteiger partial charge in [-0.15, -0.1) is 26.6 Å². The molecule has 0 spiro atoms. The summed E-state index contributed by atoms with van der Waals surface area (Å²) in [5.74, 6) is 2.56. The molecule has 25 heavy (non-hydrogen) atoms. The van der Waals surface area contributed by atoms with Gasteiger partial charge in [0.15, 0.2) is 16.6 Å². The van der Waals surface area contributed by atoms with E-state index in [4.69, 9.17) is 5.10 Å². The van der Waals surface area contributed by atoms with Crippen LogP contribution in [-0.4, -0.2) is 51.0 Å². The van der Waals surface area contributed by atoms with E-state index in [1.165, 1.54) is 17.7 Å². The smallest absolute Gasteiger partial charge is 0.185 e. The molecule has 130 valence electrons. The SMILES string of the molecule is Cc1nc(N(C)C2CN(c3ccc4nnc(C5CC5)n4n3)C2)sc1C. The highest BCUT2D eigenvalue weighted by molar-refractivity contribution is 7.15. The van der Waals surface area contributed by atoms with E-state index >= 15 is 0 Å². The van der Waals surface area contributed by atoms with E-state index < -0.39 is 0 Å². The number of fused-ring (bicyclic) bond motifs is 1. The van der Waals surface area contributed by atoms with Gasteiger partial charge in [-0.3, -0.25) is 0 Å². The van der Waals surface area contributed by atoms with Crippen molar-refractivity contribution in [3.8, 4) is 0 Å². The van der Waals surface area contributed by atoms with Crippen molar-refractivity contribution in [2.45, 2.75) is 38.6 Å². The molecule has 0 radical (unpaired) electrons.